The number of aromatic nitrogens is 1. The van der Waals surface area contributed by atoms with E-state index in [1.807, 2.05) is 5.38 Å². The fourth-order valence-electron chi connectivity index (χ4n) is 5.64. The number of thiazole rings is 1. The monoisotopic (exact) mass is 441 g/mol. The number of aliphatic hydroxyl groups excluding tert-OH is 2. The SMILES string of the molecule is OCc1csc([C@H]2CC[C@@H]3C(COc4ccc(C5CC5)c(C5CC5)c4)[C@@H](O)C[C@@H]3O2)n1. The van der Waals surface area contributed by atoms with Crippen molar-refractivity contribution in [3.05, 3.63) is 45.4 Å². The summed E-state index contributed by atoms with van der Waals surface area (Å²) in [6, 6.07) is 6.70. The lowest BCUT2D eigenvalue weighted by Crippen LogP contribution is -2.33. The molecule has 6 heteroatoms. The van der Waals surface area contributed by atoms with Crippen LogP contribution >= 0.6 is 11.3 Å². The maximum Gasteiger partial charge on any atom is 0.122 e. The zero-order valence-electron chi connectivity index (χ0n) is 17.8. The number of ether oxygens (including phenoxy) is 2. The van der Waals surface area contributed by atoms with Gasteiger partial charge in [-0.15, -0.1) is 11.3 Å². The molecule has 0 bridgehead atoms. The van der Waals surface area contributed by atoms with Crippen molar-refractivity contribution in [1.29, 1.82) is 0 Å². The molecular formula is C25H31NO4S. The van der Waals surface area contributed by atoms with Gasteiger partial charge in [-0.05, 0) is 79.5 Å². The van der Waals surface area contributed by atoms with Gasteiger partial charge in [0.1, 0.15) is 16.9 Å². The van der Waals surface area contributed by atoms with E-state index in [9.17, 15) is 10.2 Å². The van der Waals surface area contributed by atoms with E-state index in [4.69, 9.17) is 9.47 Å². The Bertz CT molecular complexity index is 937. The molecule has 0 radical (unpaired) electrons. The molecular weight excluding hydrogens is 410 g/mol. The molecule has 2 aromatic rings. The van der Waals surface area contributed by atoms with E-state index in [0.29, 0.717) is 24.6 Å². The molecule has 1 aliphatic heterocycles. The first-order valence-corrected chi connectivity index (χ1v) is 12.7. The van der Waals surface area contributed by atoms with E-state index in [1.54, 1.807) is 16.9 Å². The molecule has 31 heavy (non-hydrogen) atoms. The highest BCUT2D eigenvalue weighted by Crippen LogP contribution is 2.50. The van der Waals surface area contributed by atoms with E-state index in [0.717, 1.165) is 35.4 Å². The third-order valence-electron chi connectivity index (χ3n) is 7.64. The second-order valence-electron chi connectivity index (χ2n) is 9.86. The number of benzene rings is 1. The second kappa shape index (κ2) is 8.14. The van der Waals surface area contributed by atoms with Gasteiger partial charge in [0, 0.05) is 17.7 Å². The number of aliphatic hydroxyl groups is 2. The Hall–Kier alpha value is -1.47. The van der Waals surface area contributed by atoms with Crippen molar-refractivity contribution in [2.24, 2.45) is 11.8 Å². The second-order valence-corrected chi connectivity index (χ2v) is 10.7. The first-order chi connectivity index (χ1) is 15.2. The minimum atomic E-state index is -0.383. The van der Waals surface area contributed by atoms with Gasteiger partial charge in [-0.1, -0.05) is 6.07 Å². The Balaban J connectivity index is 1.10. The van der Waals surface area contributed by atoms with Gasteiger partial charge >= 0.3 is 0 Å². The topological polar surface area (TPSA) is 71.8 Å². The minimum Gasteiger partial charge on any atom is -0.493 e. The van der Waals surface area contributed by atoms with Crippen LogP contribution in [0.25, 0.3) is 0 Å². The van der Waals surface area contributed by atoms with Gasteiger partial charge in [0.05, 0.1) is 31.1 Å². The summed E-state index contributed by atoms with van der Waals surface area (Å²) in [5, 5.41) is 22.9. The molecule has 5 nitrogen and oxygen atoms in total. The Labute approximate surface area is 187 Å². The summed E-state index contributed by atoms with van der Waals surface area (Å²) >= 11 is 1.56. The summed E-state index contributed by atoms with van der Waals surface area (Å²) in [6.07, 6.45) is 7.54. The van der Waals surface area contributed by atoms with E-state index in [2.05, 4.69) is 23.2 Å². The average Bonchev–Trinajstić information content (AvgIpc) is 3.71. The molecule has 6 rings (SSSR count). The van der Waals surface area contributed by atoms with Gasteiger partial charge in [0.25, 0.3) is 0 Å². The van der Waals surface area contributed by atoms with Gasteiger partial charge in [0.15, 0.2) is 0 Å². The molecule has 3 aliphatic carbocycles. The van der Waals surface area contributed by atoms with Gasteiger partial charge in [-0.25, -0.2) is 4.98 Å². The maximum absolute atomic E-state index is 10.8. The molecule has 2 N–H and O–H groups in total. The summed E-state index contributed by atoms with van der Waals surface area (Å²) in [4.78, 5) is 4.49. The van der Waals surface area contributed by atoms with Crippen LogP contribution in [0, 0.1) is 11.8 Å². The van der Waals surface area contributed by atoms with Crippen molar-refractivity contribution < 1.29 is 19.7 Å². The lowest BCUT2D eigenvalue weighted by Gasteiger charge is -2.33. The third-order valence-corrected chi connectivity index (χ3v) is 8.62. The lowest BCUT2D eigenvalue weighted by atomic mass is 9.87. The molecule has 0 spiro atoms. The molecule has 4 fully saturated rings. The van der Waals surface area contributed by atoms with Crippen LogP contribution < -0.4 is 4.74 Å². The molecule has 0 amide bonds. The molecule has 1 aromatic heterocycles. The van der Waals surface area contributed by atoms with Crippen LogP contribution in [0.15, 0.2) is 23.6 Å². The van der Waals surface area contributed by atoms with Gasteiger partial charge in [-0.3, -0.25) is 0 Å². The highest BCUT2D eigenvalue weighted by Gasteiger charge is 2.47. The number of rotatable bonds is 7. The van der Waals surface area contributed by atoms with Crippen LogP contribution in [0.3, 0.4) is 0 Å². The van der Waals surface area contributed by atoms with Crippen LogP contribution in [-0.4, -0.2) is 34.0 Å². The third kappa shape index (κ3) is 4.04. The highest BCUT2D eigenvalue weighted by atomic mass is 32.1. The lowest BCUT2D eigenvalue weighted by molar-refractivity contribution is -0.0812. The van der Waals surface area contributed by atoms with Crippen LogP contribution in [0.5, 0.6) is 5.75 Å². The molecule has 166 valence electrons. The Morgan fingerprint density at radius 1 is 1.06 bits per heavy atom. The first kappa shape index (κ1) is 20.2. The Morgan fingerprint density at radius 2 is 1.87 bits per heavy atom. The van der Waals surface area contributed by atoms with Crippen LogP contribution in [0.1, 0.15) is 84.7 Å². The van der Waals surface area contributed by atoms with Crippen molar-refractivity contribution in [3.8, 4) is 5.75 Å². The predicted molar refractivity (Wildman–Crippen MR) is 118 cm³/mol. The van der Waals surface area contributed by atoms with Crippen LogP contribution in [0.4, 0.5) is 0 Å². The summed E-state index contributed by atoms with van der Waals surface area (Å²) < 4.78 is 12.6. The normalized spacial score (nSPS) is 32.8. The van der Waals surface area contributed by atoms with Gasteiger partial charge < -0.3 is 19.7 Å². The van der Waals surface area contributed by atoms with Crippen LogP contribution in [-0.2, 0) is 11.3 Å². The Morgan fingerprint density at radius 3 is 2.61 bits per heavy atom. The van der Waals surface area contributed by atoms with E-state index < -0.39 is 0 Å². The summed E-state index contributed by atoms with van der Waals surface area (Å²) in [6.45, 7) is 0.520. The number of hydrogen-bond donors (Lipinski definition) is 2. The van der Waals surface area contributed by atoms with Crippen molar-refractivity contribution in [2.75, 3.05) is 6.61 Å². The van der Waals surface area contributed by atoms with Crippen LogP contribution in [0.2, 0.25) is 0 Å². The molecule has 3 saturated carbocycles. The summed E-state index contributed by atoms with van der Waals surface area (Å²) in [7, 11) is 0. The first-order valence-electron chi connectivity index (χ1n) is 11.8. The van der Waals surface area contributed by atoms with Crippen molar-refractivity contribution in [3.63, 3.8) is 0 Å². The molecule has 5 atom stereocenters. The van der Waals surface area contributed by atoms with Gasteiger partial charge in [-0.2, -0.15) is 0 Å². The van der Waals surface area contributed by atoms with Crippen molar-refractivity contribution in [2.45, 2.75) is 81.7 Å². The quantitative estimate of drug-likeness (QED) is 0.652. The molecule has 2 heterocycles. The van der Waals surface area contributed by atoms with E-state index in [1.165, 1.54) is 31.2 Å². The number of fused-ring (bicyclic) bond motifs is 1. The molecule has 1 saturated heterocycles. The van der Waals surface area contributed by atoms with E-state index >= 15 is 0 Å². The summed E-state index contributed by atoms with van der Waals surface area (Å²) in [5.41, 5.74) is 3.77. The molecule has 4 aliphatic rings. The maximum atomic E-state index is 10.8. The number of nitrogens with zero attached hydrogens (tertiary/aromatic N) is 1. The fraction of sp³-hybridized carbons (Fsp3) is 0.640. The van der Waals surface area contributed by atoms with E-state index in [-0.39, 0.29) is 30.8 Å². The van der Waals surface area contributed by atoms with Crippen molar-refractivity contribution in [1.82, 2.24) is 4.98 Å². The standard InChI is InChI=1S/C25H31NO4S/c27-11-16-13-31-25(26-16)23-8-7-19-21(22(28)10-24(19)30-23)12-29-17-5-6-18(14-1-2-14)20(9-17)15-3-4-15/h5-6,9,13-15,19,21-24,27-28H,1-4,7-8,10-12H2/t19-,21?,22+,23-,24+/m1/s1. The predicted octanol–water partition coefficient (Wildman–Crippen LogP) is 4.69. The molecule has 1 unspecified atom stereocenters. The Kier molecular flexibility index (Phi) is 5.30. The molecule has 1 aromatic carbocycles. The summed E-state index contributed by atoms with van der Waals surface area (Å²) in [5.74, 6) is 2.91. The zero-order valence-corrected chi connectivity index (χ0v) is 18.6. The average molecular weight is 442 g/mol. The van der Waals surface area contributed by atoms with Gasteiger partial charge in [0.2, 0.25) is 0 Å². The highest BCUT2D eigenvalue weighted by molar-refractivity contribution is 7.09. The number of hydrogen-bond acceptors (Lipinski definition) is 6. The smallest absolute Gasteiger partial charge is 0.122 e. The zero-order chi connectivity index (χ0) is 20.9. The minimum absolute atomic E-state index is 0.0190. The largest absolute Gasteiger partial charge is 0.493 e. The fourth-order valence-corrected chi connectivity index (χ4v) is 6.52. The van der Waals surface area contributed by atoms with Crippen molar-refractivity contribution >= 4 is 11.3 Å².